The first-order valence-electron chi connectivity index (χ1n) is 5.29. The second kappa shape index (κ2) is 6.02. The highest BCUT2D eigenvalue weighted by atomic mass is 16.3. The Kier molecular flexibility index (Phi) is 5.77. The van der Waals surface area contributed by atoms with Gasteiger partial charge < -0.3 is 10.4 Å². The van der Waals surface area contributed by atoms with E-state index in [0.29, 0.717) is 6.42 Å². The molecule has 0 unspecified atom stereocenters. The summed E-state index contributed by atoms with van der Waals surface area (Å²) in [6.45, 7) is 8.29. The third-order valence-electron chi connectivity index (χ3n) is 1.92. The maximum Gasteiger partial charge on any atom is 0.220 e. The fourth-order valence-corrected chi connectivity index (χ4v) is 1.43. The summed E-state index contributed by atoms with van der Waals surface area (Å²) in [6.07, 6.45) is 2.19. The summed E-state index contributed by atoms with van der Waals surface area (Å²) >= 11 is 0. The van der Waals surface area contributed by atoms with Crippen molar-refractivity contribution in [2.75, 3.05) is 6.61 Å². The summed E-state index contributed by atoms with van der Waals surface area (Å²) in [5.74, 6) is 0.0378. The summed E-state index contributed by atoms with van der Waals surface area (Å²) in [7, 11) is 0. The van der Waals surface area contributed by atoms with Crippen molar-refractivity contribution in [3.05, 3.63) is 0 Å². The number of nitrogens with one attached hydrogen (secondary N) is 1. The Morgan fingerprint density at radius 2 is 2.00 bits per heavy atom. The van der Waals surface area contributed by atoms with Gasteiger partial charge in [0.2, 0.25) is 5.91 Å². The Morgan fingerprint density at radius 1 is 1.43 bits per heavy atom. The third kappa shape index (κ3) is 6.89. The second-order valence-corrected chi connectivity index (χ2v) is 4.96. The number of carbonyl (C=O) groups is 1. The Balaban J connectivity index is 3.97. The van der Waals surface area contributed by atoms with Crippen LogP contribution >= 0.6 is 0 Å². The van der Waals surface area contributed by atoms with Gasteiger partial charge in [-0.2, -0.15) is 0 Å². The molecule has 0 aliphatic heterocycles. The highest BCUT2D eigenvalue weighted by Gasteiger charge is 2.19. The van der Waals surface area contributed by atoms with Crippen molar-refractivity contribution in [1.29, 1.82) is 0 Å². The Morgan fingerprint density at radius 3 is 2.36 bits per heavy atom. The number of hydrogen-bond acceptors (Lipinski definition) is 2. The molecule has 14 heavy (non-hydrogen) atoms. The molecule has 0 aromatic rings. The zero-order chi connectivity index (χ0) is 11.2. The molecule has 1 atom stereocenters. The van der Waals surface area contributed by atoms with Crippen molar-refractivity contribution in [3.63, 3.8) is 0 Å². The van der Waals surface area contributed by atoms with E-state index in [1.807, 2.05) is 6.92 Å². The lowest BCUT2D eigenvalue weighted by Crippen LogP contribution is -2.39. The van der Waals surface area contributed by atoms with Crippen LogP contribution in [0.4, 0.5) is 0 Å². The van der Waals surface area contributed by atoms with E-state index >= 15 is 0 Å². The van der Waals surface area contributed by atoms with Crippen LogP contribution in [0.1, 0.15) is 47.0 Å². The Hall–Kier alpha value is -0.570. The molecular formula is C11H23NO2. The molecule has 0 radical (unpaired) electrons. The number of amides is 1. The van der Waals surface area contributed by atoms with Gasteiger partial charge in [0, 0.05) is 6.42 Å². The van der Waals surface area contributed by atoms with Crippen LogP contribution in [0.3, 0.4) is 0 Å². The molecule has 3 heteroatoms. The maximum absolute atomic E-state index is 11.3. The van der Waals surface area contributed by atoms with E-state index in [1.54, 1.807) is 0 Å². The van der Waals surface area contributed by atoms with Crippen molar-refractivity contribution >= 4 is 5.91 Å². The highest BCUT2D eigenvalue weighted by Crippen LogP contribution is 2.20. The molecule has 2 N–H and O–H groups in total. The molecule has 0 bridgehead atoms. The predicted molar refractivity (Wildman–Crippen MR) is 58.0 cm³/mol. The van der Waals surface area contributed by atoms with E-state index in [1.165, 1.54) is 0 Å². The van der Waals surface area contributed by atoms with Crippen molar-refractivity contribution in [3.8, 4) is 0 Å². The summed E-state index contributed by atoms with van der Waals surface area (Å²) in [6, 6.07) is -0.103. The lowest BCUT2D eigenvalue weighted by molar-refractivity contribution is -0.122. The Labute approximate surface area is 86.9 Å². The molecule has 84 valence electrons. The van der Waals surface area contributed by atoms with Crippen molar-refractivity contribution in [1.82, 2.24) is 5.32 Å². The highest BCUT2D eigenvalue weighted by molar-refractivity contribution is 5.76. The fourth-order valence-electron chi connectivity index (χ4n) is 1.43. The molecule has 0 aliphatic rings. The molecule has 0 rings (SSSR count). The van der Waals surface area contributed by atoms with Crippen LogP contribution in [-0.2, 0) is 4.79 Å². The average Bonchev–Trinajstić information content (AvgIpc) is 2.01. The smallest absolute Gasteiger partial charge is 0.220 e. The van der Waals surface area contributed by atoms with Gasteiger partial charge in [-0.05, 0) is 18.3 Å². The standard InChI is InChI=1S/C11H23NO2/c1-5-6-10(14)12-9(8-13)7-11(2,3)4/h9,13H,5-8H2,1-4H3,(H,12,14)/t9-/m0/s1. The number of carbonyl (C=O) groups excluding carboxylic acids is 1. The molecule has 0 saturated carbocycles. The number of rotatable bonds is 5. The van der Waals surface area contributed by atoms with Crippen LogP contribution in [0.2, 0.25) is 0 Å². The van der Waals surface area contributed by atoms with Gasteiger partial charge in [-0.1, -0.05) is 27.7 Å². The molecule has 0 aromatic carbocycles. The first kappa shape index (κ1) is 13.4. The zero-order valence-electron chi connectivity index (χ0n) is 9.76. The van der Waals surface area contributed by atoms with E-state index < -0.39 is 0 Å². The van der Waals surface area contributed by atoms with Crippen LogP contribution in [0.15, 0.2) is 0 Å². The summed E-state index contributed by atoms with van der Waals surface area (Å²) in [4.78, 5) is 11.3. The minimum absolute atomic E-state index is 0.0206. The van der Waals surface area contributed by atoms with Gasteiger partial charge in [0.15, 0.2) is 0 Å². The number of aliphatic hydroxyl groups is 1. The molecule has 1 amide bonds. The van der Waals surface area contributed by atoms with Crippen LogP contribution in [0.25, 0.3) is 0 Å². The summed E-state index contributed by atoms with van der Waals surface area (Å²) in [5, 5.41) is 11.9. The van der Waals surface area contributed by atoms with Crippen LogP contribution in [0, 0.1) is 5.41 Å². The summed E-state index contributed by atoms with van der Waals surface area (Å²) in [5.41, 5.74) is 0.132. The van der Waals surface area contributed by atoms with E-state index in [4.69, 9.17) is 5.11 Å². The fraction of sp³-hybridized carbons (Fsp3) is 0.909. The van der Waals surface area contributed by atoms with Crippen molar-refractivity contribution < 1.29 is 9.90 Å². The monoisotopic (exact) mass is 201 g/mol. The van der Waals surface area contributed by atoms with Crippen LogP contribution in [-0.4, -0.2) is 23.7 Å². The average molecular weight is 201 g/mol. The minimum atomic E-state index is -0.103. The molecule has 0 spiro atoms. The van der Waals surface area contributed by atoms with E-state index in [9.17, 15) is 4.79 Å². The normalized spacial score (nSPS) is 13.8. The first-order valence-corrected chi connectivity index (χ1v) is 5.29. The third-order valence-corrected chi connectivity index (χ3v) is 1.92. The second-order valence-electron chi connectivity index (χ2n) is 4.96. The topological polar surface area (TPSA) is 49.3 Å². The zero-order valence-corrected chi connectivity index (χ0v) is 9.76. The van der Waals surface area contributed by atoms with Gasteiger partial charge in [0.05, 0.1) is 12.6 Å². The number of hydrogen-bond donors (Lipinski definition) is 2. The van der Waals surface area contributed by atoms with Crippen LogP contribution in [0.5, 0.6) is 0 Å². The predicted octanol–water partition coefficient (Wildman–Crippen LogP) is 1.70. The van der Waals surface area contributed by atoms with Gasteiger partial charge in [0.25, 0.3) is 0 Å². The van der Waals surface area contributed by atoms with Gasteiger partial charge in [-0.15, -0.1) is 0 Å². The van der Waals surface area contributed by atoms with E-state index in [2.05, 4.69) is 26.1 Å². The molecule has 3 nitrogen and oxygen atoms in total. The number of aliphatic hydroxyl groups excluding tert-OH is 1. The quantitative estimate of drug-likeness (QED) is 0.711. The molecule has 0 heterocycles. The van der Waals surface area contributed by atoms with E-state index in [-0.39, 0.29) is 24.0 Å². The molecule has 0 fully saturated rings. The molecule has 0 saturated heterocycles. The Bertz CT molecular complexity index is 173. The van der Waals surface area contributed by atoms with Crippen molar-refractivity contribution in [2.45, 2.75) is 53.0 Å². The minimum Gasteiger partial charge on any atom is -0.394 e. The lowest BCUT2D eigenvalue weighted by Gasteiger charge is -2.25. The maximum atomic E-state index is 11.3. The van der Waals surface area contributed by atoms with Crippen molar-refractivity contribution in [2.24, 2.45) is 5.41 Å². The van der Waals surface area contributed by atoms with Crippen LogP contribution < -0.4 is 5.32 Å². The van der Waals surface area contributed by atoms with Gasteiger partial charge in [-0.25, -0.2) is 0 Å². The largest absolute Gasteiger partial charge is 0.394 e. The summed E-state index contributed by atoms with van der Waals surface area (Å²) < 4.78 is 0. The van der Waals surface area contributed by atoms with Gasteiger partial charge in [0.1, 0.15) is 0 Å². The SMILES string of the molecule is CCCC(=O)N[C@H](CO)CC(C)(C)C. The molecular weight excluding hydrogens is 178 g/mol. The molecule has 0 aromatic heterocycles. The molecule has 0 aliphatic carbocycles. The van der Waals surface area contributed by atoms with Gasteiger partial charge >= 0.3 is 0 Å². The van der Waals surface area contributed by atoms with Gasteiger partial charge in [-0.3, -0.25) is 4.79 Å². The lowest BCUT2D eigenvalue weighted by atomic mass is 9.88. The first-order chi connectivity index (χ1) is 6.39. The van der Waals surface area contributed by atoms with E-state index in [0.717, 1.165) is 12.8 Å².